The fraction of sp³-hybridized carbons (Fsp3) is 0.375. The summed E-state index contributed by atoms with van der Waals surface area (Å²) in [6.45, 7) is 5.10. The van der Waals surface area contributed by atoms with Crippen LogP contribution in [-0.2, 0) is 4.74 Å². The lowest BCUT2D eigenvalue weighted by atomic mass is 10.1. The third kappa shape index (κ3) is 2.69. The number of ether oxygens (including phenoxy) is 1. The Morgan fingerprint density at radius 3 is 2.67 bits per heavy atom. The van der Waals surface area contributed by atoms with Crippen molar-refractivity contribution >= 4 is 22.5 Å². The highest BCUT2D eigenvalue weighted by Crippen LogP contribution is 2.22. The van der Waals surface area contributed by atoms with Crippen LogP contribution in [0.5, 0.6) is 0 Å². The van der Waals surface area contributed by atoms with Gasteiger partial charge in [0.1, 0.15) is 5.69 Å². The molecule has 2 heterocycles. The number of nitrogen functional groups attached to an aromatic ring is 1. The van der Waals surface area contributed by atoms with E-state index in [1.54, 1.807) is 11.0 Å². The van der Waals surface area contributed by atoms with Crippen LogP contribution in [-0.4, -0.2) is 41.1 Å². The van der Waals surface area contributed by atoms with E-state index < -0.39 is 0 Å². The van der Waals surface area contributed by atoms with Crippen molar-refractivity contribution in [1.29, 1.82) is 0 Å². The lowest BCUT2D eigenvalue weighted by Crippen LogP contribution is -2.48. The molecule has 0 radical (unpaired) electrons. The van der Waals surface area contributed by atoms with Gasteiger partial charge in [-0.05, 0) is 26.0 Å². The Labute approximate surface area is 123 Å². The second-order valence-corrected chi connectivity index (χ2v) is 5.58. The quantitative estimate of drug-likeness (QED) is 0.871. The molecular formula is C16H19N3O2. The summed E-state index contributed by atoms with van der Waals surface area (Å²) >= 11 is 0. The summed E-state index contributed by atoms with van der Waals surface area (Å²) in [4.78, 5) is 18.9. The molecular weight excluding hydrogens is 266 g/mol. The topological polar surface area (TPSA) is 68.5 Å². The zero-order valence-corrected chi connectivity index (χ0v) is 12.2. The number of carbonyl (C=O) groups is 1. The number of hydrogen-bond acceptors (Lipinski definition) is 4. The minimum absolute atomic E-state index is 0.0375. The van der Waals surface area contributed by atoms with Crippen LogP contribution in [0.25, 0.3) is 10.9 Å². The van der Waals surface area contributed by atoms with Crippen molar-refractivity contribution < 1.29 is 9.53 Å². The van der Waals surface area contributed by atoms with Crippen LogP contribution in [0, 0.1) is 0 Å². The Bertz CT molecular complexity index is 676. The summed E-state index contributed by atoms with van der Waals surface area (Å²) in [5.74, 6) is -0.0885. The number of benzene rings is 1. The third-order valence-corrected chi connectivity index (χ3v) is 3.67. The minimum atomic E-state index is -0.0885. The van der Waals surface area contributed by atoms with Gasteiger partial charge in [0.05, 0.1) is 17.7 Å². The Hall–Kier alpha value is -2.14. The molecule has 2 aromatic rings. The first kappa shape index (κ1) is 13.8. The van der Waals surface area contributed by atoms with Crippen molar-refractivity contribution in [3.05, 3.63) is 36.0 Å². The third-order valence-electron chi connectivity index (χ3n) is 3.67. The van der Waals surface area contributed by atoms with E-state index in [1.165, 1.54) is 0 Å². The fourth-order valence-corrected chi connectivity index (χ4v) is 2.82. The average molecular weight is 285 g/mol. The van der Waals surface area contributed by atoms with Gasteiger partial charge >= 0.3 is 0 Å². The standard InChI is InChI=1S/C16H19N3O2/c1-10-8-19(9-11(2)21-10)16(20)15-7-13(17)12-5-3-4-6-14(12)18-15/h3-7,10-11H,8-9H2,1-2H3,(H2,17,18)/t10-,11+. The van der Waals surface area contributed by atoms with E-state index in [0.717, 1.165) is 10.9 Å². The molecule has 5 heteroatoms. The summed E-state index contributed by atoms with van der Waals surface area (Å²) in [6, 6.07) is 9.24. The number of pyridine rings is 1. The number of fused-ring (bicyclic) bond motifs is 1. The molecule has 1 amide bonds. The summed E-state index contributed by atoms with van der Waals surface area (Å²) in [7, 11) is 0. The number of carbonyl (C=O) groups excluding carboxylic acids is 1. The molecule has 1 saturated heterocycles. The number of nitrogens with zero attached hydrogens (tertiary/aromatic N) is 2. The van der Waals surface area contributed by atoms with Gasteiger partial charge in [-0.1, -0.05) is 18.2 Å². The highest BCUT2D eigenvalue weighted by molar-refractivity contribution is 5.99. The van der Waals surface area contributed by atoms with Crippen LogP contribution < -0.4 is 5.73 Å². The van der Waals surface area contributed by atoms with Crippen LogP contribution in [0.15, 0.2) is 30.3 Å². The number of aromatic nitrogens is 1. The molecule has 1 aliphatic heterocycles. The minimum Gasteiger partial charge on any atom is -0.398 e. The SMILES string of the molecule is C[C@@H]1CN(C(=O)c2cc(N)c3ccccc3n2)C[C@H](C)O1. The van der Waals surface area contributed by atoms with E-state index in [2.05, 4.69) is 4.98 Å². The zero-order valence-electron chi connectivity index (χ0n) is 12.2. The highest BCUT2D eigenvalue weighted by Gasteiger charge is 2.27. The molecule has 0 bridgehead atoms. The maximum Gasteiger partial charge on any atom is 0.272 e. The first-order valence-corrected chi connectivity index (χ1v) is 7.14. The van der Waals surface area contributed by atoms with Gasteiger partial charge in [-0.25, -0.2) is 4.98 Å². The van der Waals surface area contributed by atoms with Gasteiger partial charge in [0.25, 0.3) is 5.91 Å². The van der Waals surface area contributed by atoms with Crippen LogP contribution >= 0.6 is 0 Å². The lowest BCUT2D eigenvalue weighted by Gasteiger charge is -2.35. The number of hydrogen-bond donors (Lipinski definition) is 1. The summed E-state index contributed by atoms with van der Waals surface area (Å²) in [5, 5.41) is 0.873. The molecule has 1 fully saturated rings. The molecule has 5 nitrogen and oxygen atoms in total. The van der Waals surface area contributed by atoms with E-state index in [1.807, 2.05) is 38.1 Å². The molecule has 0 unspecified atom stereocenters. The molecule has 110 valence electrons. The monoisotopic (exact) mass is 285 g/mol. The van der Waals surface area contributed by atoms with E-state index >= 15 is 0 Å². The van der Waals surface area contributed by atoms with Crippen molar-refractivity contribution in [1.82, 2.24) is 9.88 Å². The largest absolute Gasteiger partial charge is 0.398 e. The Kier molecular flexibility index (Phi) is 3.51. The summed E-state index contributed by atoms with van der Waals surface area (Å²) in [6.07, 6.45) is 0.0750. The highest BCUT2D eigenvalue weighted by atomic mass is 16.5. The fourth-order valence-electron chi connectivity index (χ4n) is 2.82. The molecule has 2 N–H and O–H groups in total. The number of morpholine rings is 1. The summed E-state index contributed by atoms with van der Waals surface area (Å²) in [5.41, 5.74) is 7.77. The molecule has 0 aliphatic carbocycles. The molecule has 3 rings (SSSR count). The van der Waals surface area contributed by atoms with Crippen molar-refractivity contribution in [2.75, 3.05) is 18.8 Å². The number of para-hydroxylation sites is 1. The number of rotatable bonds is 1. The number of anilines is 1. The molecule has 1 aliphatic rings. The Morgan fingerprint density at radius 1 is 1.29 bits per heavy atom. The van der Waals surface area contributed by atoms with Gasteiger partial charge in [0, 0.05) is 24.2 Å². The van der Waals surface area contributed by atoms with Gasteiger partial charge in [0.2, 0.25) is 0 Å². The van der Waals surface area contributed by atoms with Crippen LogP contribution in [0.3, 0.4) is 0 Å². The molecule has 0 saturated carbocycles. The Morgan fingerprint density at radius 2 is 1.95 bits per heavy atom. The molecule has 0 spiro atoms. The second-order valence-electron chi connectivity index (χ2n) is 5.58. The van der Waals surface area contributed by atoms with E-state index in [9.17, 15) is 4.79 Å². The maximum atomic E-state index is 12.6. The van der Waals surface area contributed by atoms with Gasteiger partial charge in [-0.2, -0.15) is 0 Å². The van der Waals surface area contributed by atoms with Gasteiger partial charge in [-0.3, -0.25) is 4.79 Å². The Balaban J connectivity index is 1.94. The molecule has 1 aromatic heterocycles. The van der Waals surface area contributed by atoms with E-state index in [0.29, 0.717) is 24.5 Å². The maximum absolute atomic E-state index is 12.6. The van der Waals surface area contributed by atoms with Gasteiger partial charge in [-0.15, -0.1) is 0 Å². The molecule has 2 atom stereocenters. The van der Waals surface area contributed by atoms with E-state index in [4.69, 9.17) is 10.5 Å². The summed E-state index contributed by atoms with van der Waals surface area (Å²) < 4.78 is 5.66. The number of amides is 1. The average Bonchev–Trinajstić information content (AvgIpc) is 2.45. The van der Waals surface area contributed by atoms with Crippen molar-refractivity contribution in [2.45, 2.75) is 26.1 Å². The van der Waals surface area contributed by atoms with Crippen molar-refractivity contribution in [3.63, 3.8) is 0 Å². The normalized spacial score (nSPS) is 22.5. The predicted octanol–water partition coefficient (Wildman–Crippen LogP) is 2.07. The second kappa shape index (κ2) is 5.33. The van der Waals surface area contributed by atoms with Crippen LogP contribution in [0.2, 0.25) is 0 Å². The van der Waals surface area contributed by atoms with Gasteiger partial charge < -0.3 is 15.4 Å². The predicted molar refractivity (Wildman–Crippen MR) is 82.1 cm³/mol. The van der Waals surface area contributed by atoms with Crippen molar-refractivity contribution in [3.8, 4) is 0 Å². The lowest BCUT2D eigenvalue weighted by molar-refractivity contribution is -0.0587. The molecule has 21 heavy (non-hydrogen) atoms. The van der Waals surface area contributed by atoms with Gasteiger partial charge in [0.15, 0.2) is 0 Å². The molecule has 1 aromatic carbocycles. The smallest absolute Gasteiger partial charge is 0.272 e. The van der Waals surface area contributed by atoms with Crippen LogP contribution in [0.1, 0.15) is 24.3 Å². The zero-order chi connectivity index (χ0) is 15.0. The number of nitrogens with two attached hydrogens (primary N) is 1. The van der Waals surface area contributed by atoms with E-state index in [-0.39, 0.29) is 18.1 Å². The first-order chi connectivity index (χ1) is 10.0. The first-order valence-electron chi connectivity index (χ1n) is 7.14. The van der Waals surface area contributed by atoms with Crippen LogP contribution in [0.4, 0.5) is 5.69 Å². The van der Waals surface area contributed by atoms with Crippen molar-refractivity contribution in [2.24, 2.45) is 0 Å².